The number of aliphatic hydroxyl groups is 1. The summed E-state index contributed by atoms with van der Waals surface area (Å²) in [5.41, 5.74) is 0.895. The lowest BCUT2D eigenvalue weighted by Crippen LogP contribution is -2.31. The molecule has 0 aliphatic carbocycles. The van der Waals surface area contributed by atoms with Gasteiger partial charge in [0.2, 0.25) is 5.78 Å². The number of amides is 1. The zero-order valence-corrected chi connectivity index (χ0v) is 19.1. The number of fused-ring (bicyclic) bond motifs is 1. The van der Waals surface area contributed by atoms with Crippen molar-refractivity contribution in [3.05, 3.63) is 87.5 Å². The first-order valence-corrected chi connectivity index (χ1v) is 10.7. The molecule has 33 heavy (non-hydrogen) atoms. The molecule has 3 heterocycles. The fourth-order valence-corrected chi connectivity index (χ4v) is 4.21. The molecule has 0 fully saturated rings. The second-order valence-electron chi connectivity index (χ2n) is 7.51. The number of rotatable bonds is 5. The van der Waals surface area contributed by atoms with Crippen molar-refractivity contribution in [3.63, 3.8) is 0 Å². The van der Waals surface area contributed by atoms with Crippen molar-refractivity contribution in [2.45, 2.75) is 13.0 Å². The number of furan rings is 1. The van der Waals surface area contributed by atoms with E-state index in [1.54, 1.807) is 61.5 Å². The zero-order valence-electron chi connectivity index (χ0n) is 17.5. The molecule has 8 nitrogen and oxygen atoms in total. The Labute approximate surface area is 196 Å². The number of ether oxygens (including phenoxy) is 1. The summed E-state index contributed by atoms with van der Waals surface area (Å²) in [5.74, 6) is -0.924. The van der Waals surface area contributed by atoms with E-state index in [1.807, 2.05) is 0 Å². The number of nitrogens with zero attached hydrogens (tertiary/aromatic N) is 2. The van der Waals surface area contributed by atoms with E-state index in [-0.39, 0.29) is 17.2 Å². The number of carbonyl (C=O) groups is 2. The number of carbonyl (C=O) groups excluding carboxylic acids is 2. The molecule has 2 aromatic carbocycles. The number of aliphatic hydroxyl groups excluding tert-OH is 1. The number of benzene rings is 2. The number of methoxy groups -OCH3 is 1. The van der Waals surface area contributed by atoms with E-state index < -0.39 is 23.5 Å². The number of anilines is 1. The maximum Gasteiger partial charge on any atom is 0.295 e. The first-order chi connectivity index (χ1) is 15.9. The predicted octanol–water partition coefficient (Wildman–Crippen LogP) is 5.28. The molecule has 1 aliphatic heterocycles. The molecule has 0 radical (unpaired) electrons. The number of halogens is 1. The molecular formula is C24H17BrN2O6. The van der Waals surface area contributed by atoms with Crippen molar-refractivity contribution in [3.8, 4) is 5.75 Å². The highest BCUT2D eigenvalue weighted by molar-refractivity contribution is 9.10. The maximum absolute atomic E-state index is 13.6. The van der Waals surface area contributed by atoms with Crippen LogP contribution in [0.3, 0.4) is 0 Å². The van der Waals surface area contributed by atoms with Crippen LogP contribution in [-0.4, -0.2) is 29.1 Å². The van der Waals surface area contributed by atoms with Gasteiger partial charge in [-0.2, -0.15) is 0 Å². The van der Waals surface area contributed by atoms with Gasteiger partial charge in [0, 0.05) is 15.9 Å². The Kier molecular flexibility index (Phi) is 5.05. The molecule has 9 heteroatoms. The Bertz CT molecular complexity index is 1430. The fourth-order valence-electron chi connectivity index (χ4n) is 3.94. The van der Waals surface area contributed by atoms with Crippen LogP contribution in [0.25, 0.3) is 11.0 Å². The number of Topliss-reactive ketones (excluding diaryl/α,β-unsaturated/α-hetero) is 1. The lowest BCUT2D eigenvalue weighted by Gasteiger charge is -2.24. The second kappa shape index (κ2) is 7.93. The molecule has 0 saturated heterocycles. The average Bonchev–Trinajstić information content (AvgIpc) is 3.50. The van der Waals surface area contributed by atoms with E-state index in [0.717, 1.165) is 4.47 Å². The van der Waals surface area contributed by atoms with Gasteiger partial charge in [-0.05, 0) is 36.8 Å². The van der Waals surface area contributed by atoms with Crippen LogP contribution in [0.4, 0.5) is 5.82 Å². The smallest absolute Gasteiger partial charge is 0.295 e. The molecule has 1 aliphatic rings. The number of aromatic nitrogens is 1. The van der Waals surface area contributed by atoms with Gasteiger partial charge in [-0.15, -0.1) is 0 Å². The molecule has 0 spiro atoms. The van der Waals surface area contributed by atoms with Crippen molar-refractivity contribution in [1.82, 2.24) is 5.16 Å². The first kappa shape index (κ1) is 21.0. The van der Waals surface area contributed by atoms with Crippen molar-refractivity contribution in [1.29, 1.82) is 0 Å². The summed E-state index contributed by atoms with van der Waals surface area (Å²) in [6, 6.07) is 14.6. The van der Waals surface area contributed by atoms with Crippen molar-refractivity contribution < 1.29 is 28.4 Å². The highest BCUT2D eigenvalue weighted by Crippen LogP contribution is 2.42. The van der Waals surface area contributed by atoms with Crippen LogP contribution in [-0.2, 0) is 4.79 Å². The molecule has 1 N–H and O–H groups in total. The van der Waals surface area contributed by atoms with E-state index in [1.165, 1.54) is 12.0 Å². The van der Waals surface area contributed by atoms with Crippen LogP contribution >= 0.6 is 15.9 Å². The van der Waals surface area contributed by atoms with E-state index in [2.05, 4.69) is 21.1 Å². The molecule has 4 aromatic rings. The Balaban J connectivity index is 1.66. The SMILES string of the molecule is COc1cccc2cc(C(=O)C3=C(O)C(=O)N(c4cc(C)on4)C3c3ccc(Br)cc3)oc12. The fraction of sp³-hybridized carbons (Fsp3) is 0.125. The second-order valence-corrected chi connectivity index (χ2v) is 8.42. The number of hydrogen-bond donors (Lipinski definition) is 1. The Morgan fingerprint density at radius 1 is 1.18 bits per heavy atom. The minimum absolute atomic E-state index is 0.0239. The quantitative estimate of drug-likeness (QED) is 0.365. The van der Waals surface area contributed by atoms with Crippen LogP contribution in [0, 0.1) is 6.92 Å². The number of hydrogen-bond acceptors (Lipinski definition) is 7. The van der Waals surface area contributed by atoms with Gasteiger partial charge in [0.15, 0.2) is 28.7 Å². The number of aryl methyl sites for hydroxylation is 1. The monoisotopic (exact) mass is 508 g/mol. The van der Waals surface area contributed by atoms with Crippen LogP contribution < -0.4 is 9.64 Å². The molecular weight excluding hydrogens is 492 g/mol. The minimum Gasteiger partial charge on any atom is -0.503 e. The van der Waals surface area contributed by atoms with E-state index in [0.29, 0.717) is 28.0 Å². The largest absolute Gasteiger partial charge is 0.503 e. The van der Waals surface area contributed by atoms with Crippen molar-refractivity contribution in [2.75, 3.05) is 12.0 Å². The molecule has 0 bridgehead atoms. The van der Waals surface area contributed by atoms with Gasteiger partial charge < -0.3 is 18.8 Å². The van der Waals surface area contributed by atoms with Gasteiger partial charge in [0.05, 0.1) is 18.7 Å². The van der Waals surface area contributed by atoms with E-state index in [9.17, 15) is 14.7 Å². The molecule has 5 rings (SSSR count). The van der Waals surface area contributed by atoms with Crippen LogP contribution in [0.5, 0.6) is 5.75 Å². The zero-order chi connectivity index (χ0) is 23.3. The van der Waals surface area contributed by atoms with Crippen LogP contribution in [0.1, 0.15) is 27.9 Å². The van der Waals surface area contributed by atoms with E-state index >= 15 is 0 Å². The van der Waals surface area contributed by atoms with Gasteiger partial charge in [-0.1, -0.05) is 45.4 Å². The standard InChI is InChI=1S/C24H17BrN2O6/c1-12-10-18(26-33-12)27-20(13-6-8-15(25)9-7-13)19(22(29)24(27)30)21(28)17-11-14-4-3-5-16(31-2)23(14)32-17/h3-11,20,29H,1-2H3. The molecule has 166 valence electrons. The maximum atomic E-state index is 13.6. The summed E-state index contributed by atoms with van der Waals surface area (Å²) >= 11 is 3.39. The van der Waals surface area contributed by atoms with Gasteiger partial charge in [-0.25, -0.2) is 0 Å². The summed E-state index contributed by atoms with van der Waals surface area (Å²) in [6.07, 6.45) is 0. The third-order valence-electron chi connectivity index (χ3n) is 5.45. The summed E-state index contributed by atoms with van der Waals surface area (Å²) in [7, 11) is 1.50. The minimum atomic E-state index is -0.933. The lowest BCUT2D eigenvalue weighted by atomic mass is 9.95. The Morgan fingerprint density at radius 2 is 1.94 bits per heavy atom. The molecule has 1 unspecified atom stereocenters. The summed E-state index contributed by atoms with van der Waals surface area (Å²) in [6.45, 7) is 1.69. The van der Waals surface area contributed by atoms with Gasteiger partial charge in [-0.3, -0.25) is 14.5 Å². The average molecular weight is 509 g/mol. The highest BCUT2D eigenvalue weighted by Gasteiger charge is 2.46. The normalized spacial score (nSPS) is 16.2. The molecule has 1 atom stereocenters. The van der Waals surface area contributed by atoms with Gasteiger partial charge >= 0.3 is 0 Å². The predicted molar refractivity (Wildman–Crippen MR) is 122 cm³/mol. The summed E-state index contributed by atoms with van der Waals surface area (Å²) < 4.78 is 17.1. The van der Waals surface area contributed by atoms with Gasteiger partial charge in [0.1, 0.15) is 5.76 Å². The topological polar surface area (TPSA) is 106 Å². The van der Waals surface area contributed by atoms with Crippen molar-refractivity contribution >= 4 is 44.4 Å². The molecule has 0 saturated carbocycles. The Hall–Kier alpha value is -3.85. The number of ketones is 1. The van der Waals surface area contributed by atoms with Gasteiger partial charge in [0.25, 0.3) is 5.91 Å². The highest BCUT2D eigenvalue weighted by atomic mass is 79.9. The van der Waals surface area contributed by atoms with Crippen LogP contribution in [0.15, 0.2) is 79.3 Å². The van der Waals surface area contributed by atoms with E-state index in [4.69, 9.17) is 13.7 Å². The third kappa shape index (κ3) is 3.41. The third-order valence-corrected chi connectivity index (χ3v) is 5.98. The lowest BCUT2D eigenvalue weighted by molar-refractivity contribution is -0.117. The van der Waals surface area contributed by atoms with Crippen molar-refractivity contribution in [2.24, 2.45) is 0 Å². The summed E-state index contributed by atoms with van der Waals surface area (Å²) in [4.78, 5) is 28.0. The summed E-state index contributed by atoms with van der Waals surface area (Å²) in [5, 5.41) is 15.4. The molecule has 1 amide bonds. The van der Waals surface area contributed by atoms with Crippen LogP contribution in [0.2, 0.25) is 0 Å². The number of para-hydroxylation sites is 1. The Morgan fingerprint density at radius 3 is 2.61 bits per heavy atom. The molecule has 2 aromatic heterocycles. The first-order valence-electron chi connectivity index (χ1n) is 9.95.